The summed E-state index contributed by atoms with van der Waals surface area (Å²) in [5.41, 5.74) is 3.27. The summed E-state index contributed by atoms with van der Waals surface area (Å²) < 4.78 is 62.3. The zero-order valence-corrected chi connectivity index (χ0v) is 10.3. The third-order valence-electron chi connectivity index (χ3n) is 2.38. The van der Waals surface area contributed by atoms with Gasteiger partial charge in [-0.05, 0) is 17.7 Å². The molecule has 0 unspecified atom stereocenters. The molecule has 0 fully saturated rings. The summed E-state index contributed by atoms with van der Waals surface area (Å²) in [5.74, 6) is -7.67. The lowest BCUT2D eigenvalue weighted by Gasteiger charge is -2.26. The second-order valence-corrected chi connectivity index (χ2v) is 3.68. The Balaban J connectivity index is 0.00000361. The molecule has 4 N–H and O–H groups in total. The standard InChI is InChI=1S/C10H8F5NO3.ClH/c11-9(12,10(13,14)15)7(16)4-1-2-6(17)5(3-4)8(18)19;/h1-3,7,17H,16H2,(H,18,19);1H/t7-;/m0./s1. The van der Waals surface area contributed by atoms with Gasteiger partial charge in [-0.25, -0.2) is 4.79 Å². The Kier molecular flexibility index (Phi) is 5.33. The van der Waals surface area contributed by atoms with Gasteiger partial charge in [-0.15, -0.1) is 12.4 Å². The SMILES string of the molecule is Cl.N[C@@H](c1ccc(O)c(C(=O)O)c1)C(F)(F)C(F)(F)F. The summed E-state index contributed by atoms with van der Waals surface area (Å²) in [4.78, 5) is 10.6. The highest BCUT2D eigenvalue weighted by Crippen LogP contribution is 2.43. The van der Waals surface area contributed by atoms with Crippen LogP contribution in [0.3, 0.4) is 0 Å². The minimum atomic E-state index is -5.87. The Labute approximate surface area is 115 Å². The maximum atomic E-state index is 13.0. The highest BCUT2D eigenvalue weighted by Gasteiger charge is 2.61. The number of carboxylic acid groups (broad SMARTS) is 1. The van der Waals surface area contributed by atoms with Gasteiger partial charge in [0, 0.05) is 0 Å². The highest BCUT2D eigenvalue weighted by molar-refractivity contribution is 5.91. The van der Waals surface area contributed by atoms with Crippen LogP contribution < -0.4 is 5.73 Å². The fourth-order valence-electron chi connectivity index (χ4n) is 1.30. The first-order chi connectivity index (χ1) is 8.48. The van der Waals surface area contributed by atoms with Crippen LogP contribution in [0.4, 0.5) is 22.0 Å². The molecule has 0 aliphatic heterocycles. The number of hydrogen-bond acceptors (Lipinski definition) is 3. The number of carboxylic acids is 1. The molecule has 0 aliphatic carbocycles. The lowest BCUT2D eigenvalue weighted by atomic mass is 9.98. The van der Waals surface area contributed by atoms with Crippen LogP contribution in [0.25, 0.3) is 0 Å². The minimum Gasteiger partial charge on any atom is -0.507 e. The summed E-state index contributed by atoms with van der Waals surface area (Å²) in [6.45, 7) is 0. The number of halogens is 6. The van der Waals surface area contributed by atoms with E-state index in [-0.39, 0.29) is 12.4 Å². The number of alkyl halides is 5. The molecule has 1 aromatic carbocycles. The number of hydrogen-bond donors (Lipinski definition) is 3. The molecule has 1 aromatic rings. The monoisotopic (exact) mass is 321 g/mol. The summed E-state index contributed by atoms with van der Waals surface area (Å²) in [5, 5.41) is 17.7. The molecular formula is C10H9ClF5NO3. The molecule has 0 saturated heterocycles. The molecule has 0 bridgehead atoms. The van der Waals surface area contributed by atoms with Crippen LogP contribution in [0.2, 0.25) is 0 Å². The molecule has 20 heavy (non-hydrogen) atoms. The molecule has 0 heterocycles. The van der Waals surface area contributed by atoms with Crippen molar-refractivity contribution in [3.63, 3.8) is 0 Å². The molecule has 1 atom stereocenters. The minimum absolute atomic E-state index is 0. The van der Waals surface area contributed by atoms with Crippen molar-refractivity contribution in [3.8, 4) is 5.75 Å². The fraction of sp³-hybridized carbons (Fsp3) is 0.300. The highest BCUT2D eigenvalue weighted by atomic mass is 35.5. The van der Waals surface area contributed by atoms with Crippen molar-refractivity contribution in [2.45, 2.75) is 18.1 Å². The zero-order chi connectivity index (χ0) is 15.0. The molecule has 0 radical (unpaired) electrons. The second-order valence-electron chi connectivity index (χ2n) is 3.68. The summed E-state index contributed by atoms with van der Waals surface area (Å²) in [7, 11) is 0. The van der Waals surface area contributed by atoms with Crippen molar-refractivity contribution >= 4 is 18.4 Å². The first kappa shape index (κ1) is 18.4. The third-order valence-corrected chi connectivity index (χ3v) is 2.38. The topological polar surface area (TPSA) is 83.5 Å². The van der Waals surface area contributed by atoms with Crippen molar-refractivity contribution in [1.29, 1.82) is 0 Å². The molecule has 0 saturated carbocycles. The summed E-state index contributed by atoms with van der Waals surface area (Å²) >= 11 is 0. The van der Waals surface area contributed by atoms with Gasteiger partial charge in [0.1, 0.15) is 17.4 Å². The number of nitrogens with two attached hydrogens (primary N) is 1. The Hall–Kier alpha value is -1.61. The average Bonchev–Trinajstić information content (AvgIpc) is 2.26. The van der Waals surface area contributed by atoms with E-state index in [0.717, 1.165) is 0 Å². The largest absolute Gasteiger partial charge is 0.507 e. The normalized spacial score (nSPS) is 13.5. The number of aromatic hydroxyl groups is 1. The Morgan fingerprint density at radius 3 is 2.10 bits per heavy atom. The van der Waals surface area contributed by atoms with Crippen molar-refractivity contribution < 1.29 is 37.0 Å². The molecule has 4 nitrogen and oxygen atoms in total. The van der Waals surface area contributed by atoms with Gasteiger partial charge in [0.25, 0.3) is 0 Å². The average molecular weight is 322 g/mol. The molecule has 114 valence electrons. The van der Waals surface area contributed by atoms with E-state index in [0.29, 0.717) is 18.2 Å². The molecule has 0 aliphatic rings. The van der Waals surface area contributed by atoms with Crippen LogP contribution >= 0.6 is 12.4 Å². The maximum absolute atomic E-state index is 13.0. The van der Waals surface area contributed by atoms with Crippen LogP contribution in [0, 0.1) is 0 Å². The second kappa shape index (κ2) is 5.80. The number of phenols is 1. The summed E-state index contributed by atoms with van der Waals surface area (Å²) in [6, 6.07) is -0.912. The smallest absolute Gasteiger partial charge is 0.455 e. The first-order valence-corrected chi connectivity index (χ1v) is 4.74. The van der Waals surface area contributed by atoms with E-state index in [1.54, 1.807) is 0 Å². The van der Waals surface area contributed by atoms with Crippen molar-refractivity contribution in [3.05, 3.63) is 29.3 Å². The van der Waals surface area contributed by atoms with E-state index in [2.05, 4.69) is 0 Å². The van der Waals surface area contributed by atoms with E-state index in [4.69, 9.17) is 15.9 Å². The maximum Gasteiger partial charge on any atom is 0.455 e. The van der Waals surface area contributed by atoms with Gasteiger partial charge in [0.05, 0.1) is 0 Å². The van der Waals surface area contributed by atoms with E-state index in [1.165, 1.54) is 0 Å². The zero-order valence-electron chi connectivity index (χ0n) is 9.49. The number of aromatic carboxylic acids is 1. The Bertz CT molecular complexity index is 506. The Morgan fingerprint density at radius 2 is 1.70 bits per heavy atom. The molecular weight excluding hydrogens is 313 g/mol. The summed E-state index contributed by atoms with van der Waals surface area (Å²) in [6.07, 6.45) is -5.87. The van der Waals surface area contributed by atoms with Crippen LogP contribution in [0.1, 0.15) is 22.0 Å². The molecule has 0 aromatic heterocycles. The number of rotatable bonds is 3. The van der Waals surface area contributed by atoms with Gasteiger partial charge < -0.3 is 15.9 Å². The van der Waals surface area contributed by atoms with Gasteiger partial charge >= 0.3 is 18.1 Å². The lowest BCUT2D eigenvalue weighted by molar-refractivity contribution is -0.291. The van der Waals surface area contributed by atoms with E-state index >= 15 is 0 Å². The molecule has 1 rings (SSSR count). The first-order valence-electron chi connectivity index (χ1n) is 4.74. The van der Waals surface area contributed by atoms with Crippen LogP contribution in [-0.2, 0) is 0 Å². The molecule has 0 amide bonds. The van der Waals surface area contributed by atoms with Crippen LogP contribution in [-0.4, -0.2) is 28.3 Å². The van der Waals surface area contributed by atoms with Crippen LogP contribution in [0.15, 0.2) is 18.2 Å². The Morgan fingerprint density at radius 1 is 1.20 bits per heavy atom. The number of benzene rings is 1. The molecule has 10 heteroatoms. The van der Waals surface area contributed by atoms with E-state index in [1.807, 2.05) is 0 Å². The predicted molar refractivity (Wildman–Crippen MR) is 60.2 cm³/mol. The van der Waals surface area contributed by atoms with Gasteiger partial charge in [0.2, 0.25) is 0 Å². The van der Waals surface area contributed by atoms with Crippen LogP contribution in [0.5, 0.6) is 5.75 Å². The van der Waals surface area contributed by atoms with Crippen molar-refractivity contribution in [1.82, 2.24) is 0 Å². The fourth-order valence-corrected chi connectivity index (χ4v) is 1.30. The third kappa shape index (κ3) is 3.28. The van der Waals surface area contributed by atoms with Gasteiger partial charge in [0.15, 0.2) is 0 Å². The van der Waals surface area contributed by atoms with Crippen molar-refractivity contribution in [2.75, 3.05) is 0 Å². The van der Waals surface area contributed by atoms with Crippen molar-refractivity contribution in [2.24, 2.45) is 5.73 Å². The predicted octanol–water partition coefficient (Wildman–Crippen LogP) is 2.71. The van der Waals surface area contributed by atoms with E-state index in [9.17, 15) is 26.7 Å². The number of carbonyl (C=O) groups is 1. The lowest BCUT2D eigenvalue weighted by Crippen LogP contribution is -2.45. The van der Waals surface area contributed by atoms with E-state index < -0.39 is 41.0 Å². The molecule has 0 spiro atoms. The quantitative estimate of drug-likeness (QED) is 0.747. The van der Waals surface area contributed by atoms with Gasteiger partial charge in [-0.2, -0.15) is 22.0 Å². The van der Waals surface area contributed by atoms with Gasteiger partial charge in [-0.1, -0.05) is 6.07 Å². The van der Waals surface area contributed by atoms with Gasteiger partial charge in [-0.3, -0.25) is 0 Å².